The van der Waals surface area contributed by atoms with Crippen LogP contribution in [0.1, 0.15) is 79.8 Å². The molecule has 1 aliphatic carbocycles. The Bertz CT molecular complexity index is 2910. The second-order valence-corrected chi connectivity index (χ2v) is 36.3. The average molecular weight is 1300 g/mol. The second-order valence-electron chi connectivity index (χ2n) is 21.6. The van der Waals surface area contributed by atoms with Crippen LogP contribution in [0.25, 0.3) is 11.4 Å². The maximum absolute atomic E-state index is 14.2. The Labute approximate surface area is 509 Å². The summed E-state index contributed by atoms with van der Waals surface area (Å²) in [5.41, 5.74) is 9.42. The van der Waals surface area contributed by atoms with Crippen LogP contribution in [0.5, 0.6) is 0 Å². The smallest absolute Gasteiger partial charge is 0.0134 e. The van der Waals surface area contributed by atoms with Gasteiger partial charge in [-0.2, -0.15) is 0 Å². The molecule has 82 heavy (non-hydrogen) atoms. The van der Waals surface area contributed by atoms with Crippen molar-refractivity contribution in [2.45, 2.75) is 102 Å². The van der Waals surface area contributed by atoms with E-state index in [9.17, 15) is 8.42 Å². The Morgan fingerprint density at radius 3 is 1.34 bits per heavy atom. The number of rotatable bonds is 18. The first-order valence-corrected chi connectivity index (χ1v) is 38.8. The summed E-state index contributed by atoms with van der Waals surface area (Å²) >= 11 is -0.106. The van der Waals surface area contributed by atoms with Gasteiger partial charge >= 0.3 is 35.0 Å². The van der Waals surface area contributed by atoms with Crippen LogP contribution < -0.4 is 42.5 Å². The topological polar surface area (TPSA) is 108 Å². The predicted octanol–water partition coefficient (Wildman–Crippen LogP) is 14.6. The SMILES string of the molecule is CC(C)[Si](OCCCS(=O)(=O)C1(c2cc(N3CCOC[C@@H]3C)nc(-c3ccc(N)cc3)n2)CCC1)(C(C)C)C(C)C.[Cl][Pd][Cl].c1ccc(P(c2ccccc2)c2ccccc2)cc1.c1ccc(P(c2ccccc2)c2ccccc2)cc1. The van der Waals surface area contributed by atoms with Gasteiger partial charge in [0.15, 0.2) is 24.0 Å². The fourth-order valence-electron chi connectivity index (χ4n) is 11.4. The third-order valence-electron chi connectivity index (χ3n) is 15.5. The van der Waals surface area contributed by atoms with Gasteiger partial charge < -0.3 is 19.8 Å². The molecule has 2 N–H and O–H groups in total. The number of ether oxygens (including phenoxy) is 1. The maximum Gasteiger partial charge on any atom is -0.0134 e. The summed E-state index contributed by atoms with van der Waals surface area (Å²) < 4.78 is 39.7. The molecule has 1 aliphatic heterocycles. The molecule has 0 spiro atoms. The van der Waals surface area contributed by atoms with Gasteiger partial charge in [-0.3, -0.25) is 0 Å². The summed E-state index contributed by atoms with van der Waals surface area (Å²) in [5, 5.41) is 8.39. The van der Waals surface area contributed by atoms with Gasteiger partial charge in [0.25, 0.3) is 0 Å². The van der Waals surface area contributed by atoms with Crippen LogP contribution in [0.3, 0.4) is 0 Å². The van der Waals surface area contributed by atoms with E-state index in [-0.39, 0.29) is 27.7 Å². The molecule has 0 radical (unpaired) electrons. The molecule has 0 bridgehead atoms. The number of nitrogen functional groups attached to an aromatic ring is 1. The third-order valence-corrected chi connectivity index (χ3v) is 29.1. The minimum Gasteiger partial charge on any atom is -0.0622 e. The first-order valence-electron chi connectivity index (χ1n) is 28.3. The number of halogens is 2. The number of sulfone groups is 1. The first kappa shape index (κ1) is 65.0. The van der Waals surface area contributed by atoms with E-state index in [4.69, 9.17) is 43.9 Å². The molecule has 1 atom stereocenters. The van der Waals surface area contributed by atoms with Crippen molar-refractivity contribution in [2.75, 3.05) is 42.8 Å². The molecule has 436 valence electrons. The molecular weight excluding hydrogens is 1220 g/mol. The zero-order chi connectivity index (χ0) is 58.5. The summed E-state index contributed by atoms with van der Waals surface area (Å²) in [7, 11) is 3.18. The van der Waals surface area contributed by atoms with E-state index in [0.29, 0.717) is 79.5 Å². The van der Waals surface area contributed by atoms with Gasteiger partial charge in [-0.25, -0.2) is 18.4 Å². The van der Waals surface area contributed by atoms with Crippen molar-refractivity contribution in [3.05, 3.63) is 218 Å². The van der Waals surface area contributed by atoms with E-state index < -0.39 is 38.7 Å². The summed E-state index contributed by atoms with van der Waals surface area (Å²) in [6.07, 6.45) is 2.52. The molecule has 2 fully saturated rings. The van der Waals surface area contributed by atoms with Crippen molar-refractivity contribution in [2.24, 2.45) is 0 Å². The second kappa shape index (κ2) is 32.1. The number of nitrogens with zero attached hydrogens (tertiary/aromatic N) is 3. The molecule has 1 saturated carbocycles. The van der Waals surface area contributed by atoms with Crippen LogP contribution in [0.15, 0.2) is 212 Å². The van der Waals surface area contributed by atoms with Gasteiger partial charge in [0.1, 0.15) is 10.6 Å². The first-order chi connectivity index (χ1) is 39.6. The van der Waals surface area contributed by atoms with E-state index in [1.54, 1.807) is 0 Å². The van der Waals surface area contributed by atoms with E-state index >= 15 is 0 Å². The molecule has 0 unspecified atom stereocenters. The summed E-state index contributed by atoms with van der Waals surface area (Å²) in [6, 6.07) is 74.1. The van der Waals surface area contributed by atoms with Crippen molar-refractivity contribution in [1.82, 2.24) is 9.97 Å². The molecule has 0 amide bonds. The summed E-state index contributed by atoms with van der Waals surface area (Å²) in [4.78, 5) is 12.1. The molecule has 7 aromatic carbocycles. The number of hydrogen-bond donors (Lipinski definition) is 1. The van der Waals surface area contributed by atoms with Gasteiger partial charge in [-0.15, -0.1) is 0 Å². The number of aromatic nitrogens is 2. The number of nitrogens with two attached hydrogens (primary N) is 1. The fourth-order valence-corrected chi connectivity index (χ4v) is 23.7. The fraction of sp³-hybridized carbons (Fsp3) is 0.313. The number of benzene rings is 7. The molecule has 8 nitrogen and oxygen atoms in total. The van der Waals surface area contributed by atoms with E-state index in [1.807, 2.05) is 30.3 Å². The third kappa shape index (κ3) is 16.6. The van der Waals surface area contributed by atoms with E-state index in [1.165, 1.54) is 31.8 Å². The molecule has 10 rings (SSSR count). The Kier molecular flexibility index (Phi) is 25.4. The Morgan fingerprint density at radius 1 is 0.634 bits per heavy atom. The largest absolute Gasteiger partial charge is 0.0622 e. The number of morpholine rings is 1. The van der Waals surface area contributed by atoms with Crippen LogP contribution >= 0.6 is 34.9 Å². The predicted molar refractivity (Wildman–Crippen MR) is 352 cm³/mol. The van der Waals surface area contributed by atoms with Crippen molar-refractivity contribution < 1.29 is 33.5 Å². The van der Waals surface area contributed by atoms with Crippen molar-refractivity contribution in [1.29, 1.82) is 0 Å². The molecule has 2 heterocycles. The minimum absolute atomic E-state index is 0.0935. The van der Waals surface area contributed by atoms with Gasteiger partial charge in [0, 0.05) is 30.5 Å². The van der Waals surface area contributed by atoms with Crippen molar-refractivity contribution in [3.63, 3.8) is 0 Å². The zero-order valence-corrected chi connectivity index (χ0v) is 55.0. The molecule has 15 heteroatoms. The van der Waals surface area contributed by atoms with Gasteiger partial charge in [0.2, 0.25) is 0 Å². The van der Waals surface area contributed by atoms with Crippen LogP contribution in [-0.2, 0) is 39.7 Å². The molecular formula is C67H80Cl2N4O4P2PdSSi. The monoisotopic (exact) mass is 1300 g/mol. The van der Waals surface area contributed by atoms with Crippen LogP contribution in [0.4, 0.5) is 11.5 Å². The van der Waals surface area contributed by atoms with Gasteiger partial charge in [0.05, 0.1) is 30.7 Å². The number of anilines is 2. The van der Waals surface area contributed by atoms with Crippen LogP contribution in [-0.4, -0.2) is 64.9 Å². The minimum atomic E-state index is -3.50. The zero-order valence-electron chi connectivity index (χ0n) is 48.3. The molecule has 2 aliphatic rings. The van der Waals surface area contributed by atoms with Gasteiger partial charge in [-0.05, 0) is 121 Å². The van der Waals surface area contributed by atoms with Crippen LogP contribution in [0, 0.1) is 0 Å². The van der Waals surface area contributed by atoms with Crippen molar-refractivity contribution >= 4 is 96.4 Å². The van der Waals surface area contributed by atoms with Crippen molar-refractivity contribution in [3.8, 4) is 11.4 Å². The molecule has 1 aromatic heterocycles. The summed E-state index contributed by atoms with van der Waals surface area (Å²) in [5.74, 6) is 1.38. The quantitative estimate of drug-likeness (QED) is 0.0392. The van der Waals surface area contributed by atoms with Crippen LogP contribution in [0.2, 0.25) is 16.6 Å². The van der Waals surface area contributed by atoms with Gasteiger partial charge in [-0.1, -0.05) is 224 Å². The Hall–Kier alpha value is -4.59. The standard InChI is InChI=1S/C31H50N4O4SSi.2C18H15P.2ClH.Pd/c1-22(2)41(23(3)4,24(5)6)39-17-9-19-40(36,37)31(14-8-15-31)28-20-29(35-16-18-38-21-25(35)7)34-30(33-28)26-10-12-27(32)13-11-26;2*1-4-10-16(11-5-1)19(17-12-6-2-7-13-17)18-14-8-3-9-15-18;;;/h10-13,20,22-25H,8-9,14-19,21,32H2,1-7H3;2*1-15H;2*1H;/q;;;;;+2/p-2/t25-;;;;;/m0...../s1. The number of hydrogen-bond acceptors (Lipinski definition) is 8. The van der Waals surface area contributed by atoms with E-state index in [0.717, 1.165) is 17.8 Å². The van der Waals surface area contributed by atoms with E-state index in [2.05, 4.69) is 235 Å². The normalized spacial score (nSPS) is 15.0. The molecule has 1 saturated heterocycles. The Morgan fingerprint density at radius 2 is 1.01 bits per heavy atom. The molecule has 8 aromatic rings. The average Bonchev–Trinajstić information content (AvgIpc) is 3.60. The Balaban J connectivity index is 0.000000194. The summed E-state index contributed by atoms with van der Waals surface area (Å²) in [6.45, 7) is 18.0. The maximum atomic E-state index is 14.2.